The second kappa shape index (κ2) is 6.69. The lowest BCUT2D eigenvalue weighted by molar-refractivity contribution is 0.0710. The first-order chi connectivity index (χ1) is 11.0. The maximum atomic E-state index is 14.4. The third-order valence-corrected chi connectivity index (χ3v) is 4.46. The Kier molecular flexibility index (Phi) is 4.64. The quantitative estimate of drug-likeness (QED) is 0.911. The zero-order valence-corrected chi connectivity index (χ0v) is 13.4. The van der Waals surface area contributed by atoms with Crippen LogP contribution < -0.4 is 5.73 Å². The molecule has 0 radical (unpaired) electrons. The molecule has 5 heteroatoms. The van der Waals surface area contributed by atoms with Crippen molar-refractivity contribution in [2.24, 2.45) is 5.73 Å². The normalized spacial score (nSPS) is 15.7. The molecule has 2 N–H and O–H groups in total. The summed E-state index contributed by atoms with van der Waals surface area (Å²) in [5.41, 5.74) is 7.53. The summed E-state index contributed by atoms with van der Waals surface area (Å²) in [6, 6.07) is 12.0. The van der Waals surface area contributed by atoms with Crippen molar-refractivity contribution in [2.45, 2.75) is 18.9 Å². The Hall–Kier alpha value is -1.91. The number of hydrogen-bond acceptors (Lipinski definition) is 2. The molecule has 1 amide bonds. The molecular formula is C18H18ClFN2O. The van der Waals surface area contributed by atoms with E-state index in [1.807, 2.05) is 12.1 Å². The number of carbonyl (C=O) groups excluding carboxylic acids is 1. The Morgan fingerprint density at radius 1 is 1.09 bits per heavy atom. The van der Waals surface area contributed by atoms with Gasteiger partial charge in [0, 0.05) is 24.2 Å². The van der Waals surface area contributed by atoms with Gasteiger partial charge < -0.3 is 10.6 Å². The minimum Gasteiger partial charge on any atom is -0.338 e. The van der Waals surface area contributed by atoms with Gasteiger partial charge in [-0.05, 0) is 48.2 Å². The first-order valence-corrected chi connectivity index (χ1v) is 8.03. The van der Waals surface area contributed by atoms with Gasteiger partial charge in [0.25, 0.3) is 5.91 Å². The highest BCUT2D eigenvalue weighted by Gasteiger charge is 2.23. The van der Waals surface area contributed by atoms with Crippen LogP contribution in [0.25, 0.3) is 11.1 Å². The maximum Gasteiger partial charge on any atom is 0.256 e. The molecule has 0 atom stereocenters. The van der Waals surface area contributed by atoms with Crippen molar-refractivity contribution in [3.63, 3.8) is 0 Å². The summed E-state index contributed by atoms with van der Waals surface area (Å²) < 4.78 is 14.4. The maximum absolute atomic E-state index is 14.4. The van der Waals surface area contributed by atoms with Crippen LogP contribution in [-0.2, 0) is 0 Å². The van der Waals surface area contributed by atoms with Crippen LogP contribution in [0.4, 0.5) is 4.39 Å². The Balaban J connectivity index is 1.81. The summed E-state index contributed by atoms with van der Waals surface area (Å²) in [5, 5.41) is 0.629. The van der Waals surface area contributed by atoms with Crippen LogP contribution in [0.5, 0.6) is 0 Å². The fourth-order valence-corrected chi connectivity index (χ4v) is 2.91. The van der Waals surface area contributed by atoms with Gasteiger partial charge in [0.05, 0.1) is 5.56 Å². The van der Waals surface area contributed by atoms with E-state index in [1.54, 1.807) is 29.2 Å². The number of halogens is 2. The predicted molar refractivity (Wildman–Crippen MR) is 90.0 cm³/mol. The highest BCUT2D eigenvalue weighted by atomic mass is 35.5. The Labute approximate surface area is 139 Å². The molecule has 1 aliphatic heterocycles. The van der Waals surface area contributed by atoms with Crippen molar-refractivity contribution < 1.29 is 9.18 Å². The number of benzene rings is 2. The number of nitrogens with zero attached hydrogens (tertiary/aromatic N) is 1. The fourth-order valence-electron chi connectivity index (χ4n) is 2.78. The standard InChI is InChI=1S/C18H18ClFN2O/c19-14-4-1-12(2-5-14)13-3-6-16(17(20)11-13)18(23)22-9-7-15(21)8-10-22/h1-6,11,15H,7-10,21H2. The number of carbonyl (C=O) groups is 1. The lowest BCUT2D eigenvalue weighted by atomic mass is 10.0. The van der Waals surface area contributed by atoms with Gasteiger partial charge in [-0.15, -0.1) is 0 Å². The van der Waals surface area contributed by atoms with Crippen molar-refractivity contribution in [3.05, 3.63) is 58.9 Å². The summed E-state index contributed by atoms with van der Waals surface area (Å²) in [4.78, 5) is 14.1. The first-order valence-electron chi connectivity index (χ1n) is 7.65. The topological polar surface area (TPSA) is 46.3 Å². The molecule has 1 saturated heterocycles. The molecule has 2 aromatic carbocycles. The van der Waals surface area contributed by atoms with Gasteiger partial charge in [-0.2, -0.15) is 0 Å². The van der Waals surface area contributed by atoms with Crippen molar-refractivity contribution in [2.75, 3.05) is 13.1 Å². The van der Waals surface area contributed by atoms with E-state index in [4.69, 9.17) is 17.3 Å². The number of nitrogens with two attached hydrogens (primary N) is 1. The van der Waals surface area contributed by atoms with Crippen LogP contribution in [0.2, 0.25) is 5.02 Å². The first kappa shape index (κ1) is 16.0. The second-order valence-electron chi connectivity index (χ2n) is 5.83. The van der Waals surface area contributed by atoms with E-state index in [9.17, 15) is 9.18 Å². The lowest BCUT2D eigenvalue weighted by Gasteiger charge is -2.30. The van der Waals surface area contributed by atoms with Crippen LogP contribution in [0.3, 0.4) is 0 Å². The van der Waals surface area contributed by atoms with Crippen molar-refractivity contribution >= 4 is 17.5 Å². The minimum absolute atomic E-state index is 0.109. The van der Waals surface area contributed by atoms with Crippen LogP contribution in [0, 0.1) is 5.82 Å². The van der Waals surface area contributed by atoms with E-state index in [0.29, 0.717) is 18.1 Å². The van der Waals surface area contributed by atoms with E-state index in [-0.39, 0.29) is 17.5 Å². The van der Waals surface area contributed by atoms with Gasteiger partial charge in [-0.25, -0.2) is 4.39 Å². The van der Waals surface area contributed by atoms with Gasteiger partial charge in [0.2, 0.25) is 0 Å². The molecule has 0 saturated carbocycles. The van der Waals surface area contributed by atoms with E-state index < -0.39 is 5.82 Å². The van der Waals surface area contributed by atoms with Gasteiger partial charge in [-0.3, -0.25) is 4.79 Å². The smallest absolute Gasteiger partial charge is 0.256 e. The summed E-state index contributed by atoms with van der Waals surface area (Å²) in [6.45, 7) is 1.16. The molecule has 1 fully saturated rings. The number of rotatable bonds is 2. The molecule has 1 heterocycles. The zero-order chi connectivity index (χ0) is 16.4. The molecule has 1 aliphatic rings. The van der Waals surface area contributed by atoms with Crippen LogP contribution in [0.1, 0.15) is 23.2 Å². The predicted octanol–water partition coefficient (Wildman–Crippen LogP) is 3.71. The molecule has 0 aromatic heterocycles. The Bertz CT molecular complexity index is 709. The van der Waals surface area contributed by atoms with E-state index >= 15 is 0 Å². The molecule has 3 nitrogen and oxygen atoms in total. The Morgan fingerprint density at radius 3 is 2.30 bits per heavy atom. The SMILES string of the molecule is NC1CCN(C(=O)c2ccc(-c3ccc(Cl)cc3)cc2F)CC1. The van der Waals surface area contributed by atoms with Gasteiger partial charge in [0.1, 0.15) is 5.82 Å². The molecule has 3 rings (SSSR count). The highest BCUT2D eigenvalue weighted by molar-refractivity contribution is 6.30. The largest absolute Gasteiger partial charge is 0.338 e. The molecule has 120 valence electrons. The second-order valence-corrected chi connectivity index (χ2v) is 6.27. The monoisotopic (exact) mass is 332 g/mol. The summed E-state index contributed by atoms with van der Waals surface area (Å²) in [5.74, 6) is -0.769. The fraction of sp³-hybridized carbons (Fsp3) is 0.278. The number of likely N-dealkylation sites (tertiary alicyclic amines) is 1. The van der Waals surface area contributed by atoms with Gasteiger partial charge >= 0.3 is 0 Å². The molecule has 0 bridgehead atoms. The zero-order valence-electron chi connectivity index (χ0n) is 12.6. The summed E-state index contributed by atoms with van der Waals surface area (Å²) >= 11 is 5.86. The highest BCUT2D eigenvalue weighted by Crippen LogP contribution is 2.24. The minimum atomic E-state index is -0.502. The molecule has 0 spiro atoms. The van der Waals surface area contributed by atoms with Crippen LogP contribution >= 0.6 is 11.6 Å². The van der Waals surface area contributed by atoms with Crippen molar-refractivity contribution in [1.82, 2.24) is 4.90 Å². The number of amides is 1. The number of hydrogen-bond donors (Lipinski definition) is 1. The number of piperidine rings is 1. The molecule has 2 aromatic rings. The third kappa shape index (κ3) is 3.54. The molecular weight excluding hydrogens is 315 g/mol. The van der Waals surface area contributed by atoms with E-state index in [1.165, 1.54) is 6.07 Å². The Morgan fingerprint density at radius 2 is 1.70 bits per heavy atom. The van der Waals surface area contributed by atoms with Crippen LogP contribution in [0.15, 0.2) is 42.5 Å². The average Bonchev–Trinajstić information content (AvgIpc) is 2.55. The van der Waals surface area contributed by atoms with Gasteiger partial charge in [-0.1, -0.05) is 29.8 Å². The molecule has 0 unspecified atom stereocenters. The lowest BCUT2D eigenvalue weighted by Crippen LogP contribution is -2.43. The average molecular weight is 333 g/mol. The third-order valence-electron chi connectivity index (χ3n) is 4.20. The van der Waals surface area contributed by atoms with Crippen molar-refractivity contribution in [1.29, 1.82) is 0 Å². The van der Waals surface area contributed by atoms with Crippen molar-refractivity contribution in [3.8, 4) is 11.1 Å². The van der Waals surface area contributed by atoms with E-state index in [2.05, 4.69) is 0 Å². The molecule has 0 aliphatic carbocycles. The van der Waals surface area contributed by atoms with E-state index in [0.717, 1.165) is 24.0 Å². The summed E-state index contributed by atoms with van der Waals surface area (Å²) in [6.07, 6.45) is 1.52. The van der Waals surface area contributed by atoms with Gasteiger partial charge in [0.15, 0.2) is 0 Å². The molecule has 23 heavy (non-hydrogen) atoms. The van der Waals surface area contributed by atoms with Crippen LogP contribution in [-0.4, -0.2) is 29.9 Å². The summed E-state index contributed by atoms with van der Waals surface area (Å²) in [7, 11) is 0.